The quantitative estimate of drug-likeness (QED) is 0.608. The fourth-order valence-corrected chi connectivity index (χ4v) is 2.74. The van der Waals surface area contributed by atoms with Crippen molar-refractivity contribution in [3.63, 3.8) is 0 Å². The predicted molar refractivity (Wildman–Crippen MR) is 92.4 cm³/mol. The maximum Gasteiger partial charge on any atom is 0.471 e. The molecule has 0 aliphatic carbocycles. The Kier molecular flexibility index (Phi) is 4.50. The summed E-state index contributed by atoms with van der Waals surface area (Å²) in [5.41, 5.74) is 0.000768. The lowest BCUT2D eigenvalue weighted by Crippen LogP contribution is -2.38. The molecule has 0 spiro atoms. The SMILES string of the molecule is CN(C(=O)C(F)(F)F)c1cc(-c2cc3ccccc3oc2=O)ccc1Cl. The van der Waals surface area contributed by atoms with Crippen LogP contribution < -0.4 is 10.5 Å². The molecule has 2 aromatic carbocycles. The normalized spacial score (nSPS) is 11.6. The van der Waals surface area contributed by atoms with Gasteiger partial charge in [-0.25, -0.2) is 4.79 Å². The van der Waals surface area contributed by atoms with Gasteiger partial charge in [0.1, 0.15) is 5.58 Å². The van der Waals surface area contributed by atoms with Gasteiger partial charge in [-0.2, -0.15) is 13.2 Å². The number of carbonyl (C=O) groups excluding carboxylic acids is 1. The van der Waals surface area contributed by atoms with E-state index < -0.39 is 17.7 Å². The van der Waals surface area contributed by atoms with Gasteiger partial charge in [0.2, 0.25) is 0 Å². The van der Waals surface area contributed by atoms with Crippen LogP contribution in [0.1, 0.15) is 0 Å². The number of nitrogens with zero attached hydrogens (tertiary/aromatic N) is 1. The van der Waals surface area contributed by atoms with Gasteiger partial charge in [0, 0.05) is 12.4 Å². The van der Waals surface area contributed by atoms with Crippen molar-refractivity contribution in [1.82, 2.24) is 0 Å². The molecule has 0 unspecified atom stereocenters. The fraction of sp³-hybridized carbons (Fsp3) is 0.111. The largest absolute Gasteiger partial charge is 0.471 e. The molecule has 0 saturated carbocycles. The molecule has 1 amide bonds. The van der Waals surface area contributed by atoms with Crippen LogP contribution in [0.2, 0.25) is 5.02 Å². The van der Waals surface area contributed by atoms with Gasteiger partial charge in [0.25, 0.3) is 0 Å². The lowest BCUT2D eigenvalue weighted by Gasteiger charge is -2.20. The van der Waals surface area contributed by atoms with Gasteiger partial charge in [-0.1, -0.05) is 35.9 Å². The number of hydrogen-bond acceptors (Lipinski definition) is 3. The average Bonchev–Trinajstić information content (AvgIpc) is 2.59. The Morgan fingerprint density at radius 2 is 1.81 bits per heavy atom. The number of benzene rings is 2. The number of hydrogen-bond donors (Lipinski definition) is 0. The highest BCUT2D eigenvalue weighted by Crippen LogP contribution is 2.33. The molecule has 3 aromatic rings. The smallest absolute Gasteiger partial charge is 0.422 e. The molecule has 0 saturated heterocycles. The summed E-state index contributed by atoms with van der Waals surface area (Å²) in [6, 6.07) is 12.4. The van der Waals surface area contributed by atoms with Crippen molar-refractivity contribution in [2.24, 2.45) is 0 Å². The highest BCUT2D eigenvalue weighted by atomic mass is 35.5. The van der Waals surface area contributed by atoms with E-state index in [0.29, 0.717) is 15.9 Å². The molecular weight excluding hydrogens is 371 g/mol. The summed E-state index contributed by atoms with van der Waals surface area (Å²) in [5, 5.41) is 0.595. The topological polar surface area (TPSA) is 50.5 Å². The Morgan fingerprint density at radius 3 is 2.50 bits per heavy atom. The van der Waals surface area contributed by atoms with Crippen LogP contribution in [0.3, 0.4) is 0 Å². The minimum absolute atomic E-state index is 0.0565. The number of para-hydroxylation sites is 1. The van der Waals surface area contributed by atoms with Gasteiger partial charge in [-0.15, -0.1) is 0 Å². The van der Waals surface area contributed by atoms with Crippen LogP contribution >= 0.6 is 11.6 Å². The van der Waals surface area contributed by atoms with Crippen molar-refractivity contribution in [3.05, 3.63) is 64.0 Å². The Balaban J connectivity index is 2.12. The molecule has 0 N–H and O–H groups in total. The average molecular weight is 382 g/mol. The molecule has 0 atom stereocenters. The van der Waals surface area contributed by atoms with E-state index in [1.165, 1.54) is 18.2 Å². The fourth-order valence-electron chi connectivity index (χ4n) is 2.50. The summed E-state index contributed by atoms with van der Waals surface area (Å²) in [6.45, 7) is 0. The van der Waals surface area contributed by atoms with Gasteiger partial charge in [0.05, 0.1) is 16.3 Å². The van der Waals surface area contributed by atoms with Crippen LogP contribution in [-0.4, -0.2) is 19.1 Å². The molecular formula is C18H11ClF3NO3. The minimum Gasteiger partial charge on any atom is -0.422 e. The minimum atomic E-state index is -5.05. The van der Waals surface area contributed by atoms with E-state index in [-0.39, 0.29) is 21.8 Å². The third-order valence-electron chi connectivity index (χ3n) is 3.81. The molecule has 0 aliphatic rings. The molecule has 0 bridgehead atoms. The van der Waals surface area contributed by atoms with Crippen LogP contribution in [0.25, 0.3) is 22.1 Å². The van der Waals surface area contributed by atoms with Crippen molar-refractivity contribution >= 4 is 34.2 Å². The molecule has 0 aliphatic heterocycles. The van der Waals surface area contributed by atoms with Gasteiger partial charge in [-0.05, 0) is 29.8 Å². The maximum atomic E-state index is 12.7. The number of rotatable bonds is 2. The number of halogens is 4. The monoisotopic (exact) mass is 381 g/mol. The zero-order chi connectivity index (χ0) is 19.1. The Bertz CT molecular complexity index is 1060. The Hall–Kier alpha value is -2.80. The molecule has 8 heteroatoms. The van der Waals surface area contributed by atoms with E-state index in [9.17, 15) is 22.8 Å². The Labute approximate surface area is 150 Å². The third kappa shape index (κ3) is 3.30. The molecule has 3 rings (SSSR count). The van der Waals surface area contributed by atoms with Crippen LogP contribution in [0.15, 0.2) is 57.7 Å². The van der Waals surface area contributed by atoms with Gasteiger partial charge < -0.3 is 9.32 Å². The summed E-state index contributed by atoms with van der Waals surface area (Å²) in [6.07, 6.45) is -5.05. The number of amides is 1. The lowest BCUT2D eigenvalue weighted by molar-refractivity contribution is -0.170. The first-order chi connectivity index (χ1) is 12.2. The summed E-state index contributed by atoms with van der Waals surface area (Å²) < 4.78 is 43.3. The van der Waals surface area contributed by atoms with Crippen molar-refractivity contribution in [1.29, 1.82) is 0 Å². The highest BCUT2D eigenvalue weighted by Gasteiger charge is 2.42. The highest BCUT2D eigenvalue weighted by molar-refractivity contribution is 6.34. The van der Waals surface area contributed by atoms with Crippen molar-refractivity contribution in [3.8, 4) is 11.1 Å². The zero-order valence-corrected chi connectivity index (χ0v) is 14.1. The molecule has 26 heavy (non-hydrogen) atoms. The zero-order valence-electron chi connectivity index (χ0n) is 13.3. The summed E-state index contributed by atoms with van der Waals surface area (Å²) in [7, 11) is 0.962. The maximum absolute atomic E-state index is 12.7. The summed E-state index contributed by atoms with van der Waals surface area (Å²) in [4.78, 5) is 24.1. The molecule has 1 aromatic heterocycles. The first-order valence-electron chi connectivity index (χ1n) is 7.36. The van der Waals surface area contributed by atoms with E-state index >= 15 is 0 Å². The van der Waals surface area contributed by atoms with E-state index in [1.807, 2.05) is 0 Å². The van der Waals surface area contributed by atoms with E-state index in [4.69, 9.17) is 16.0 Å². The second-order valence-corrected chi connectivity index (χ2v) is 5.92. The van der Waals surface area contributed by atoms with Crippen molar-refractivity contribution in [2.45, 2.75) is 6.18 Å². The lowest BCUT2D eigenvalue weighted by atomic mass is 10.0. The Morgan fingerprint density at radius 1 is 1.12 bits per heavy atom. The van der Waals surface area contributed by atoms with E-state index in [1.54, 1.807) is 30.3 Å². The van der Waals surface area contributed by atoms with Gasteiger partial charge in [0.15, 0.2) is 0 Å². The van der Waals surface area contributed by atoms with Gasteiger partial charge in [-0.3, -0.25) is 4.79 Å². The second kappa shape index (κ2) is 6.49. The first-order valence-corrected chi connectivity index (χ1v) is 7.74. The van der Waals surface area contributed by atoms with E-state index in [2.05, 4.69) is 0 Å². The van der Waals surface area contributed by atoms with Crippen LogP contribution in [0, 0.1) is 0 Å². The van der Waals surface area contributed by atoms with Crippen molar-refractivity contribution in [2.75, 3.05) is 11.9 Å². The van der Waals surface area contributed by atoms with Gasteiger partial charge >= 0.3 is 17.7 Å². The molecule has 0 radical (unpaired) electrons. The van der Waals surface area contributed by atoms with E-state index in [0.717, 1.165) is 7.05 Å². The molecule has 134 valence electrons. The first kappa shape index (κ1) is 18.0. The standard InChI is InChI=1S/C18H11ClF3NO3/c1-23(17(25)18(20,21)22)14-9-10(6-7-13(14)19)12-8-11-4-2-3-5-15(11)26-16(12)24/h2-9H,1H3. The third-order valence-corrected chi connectivity index (χ3v) is 4.13. The number of carbonyl (C=O) groups is 1. The van der Waals surface area contributed by atoms with Crippen molar-refractivity contribution < 1.29 is 22.4 Å². The number of fused-ring (bicyclic) bond motifs is 1. The molecule has 1 heterocycles. The number of anilines is 1. The summed E-state index contributed by atoms with van der Waals surface area (Å²) in [5.74, 6) is -2.07. The van der Waals surface area contributed by atoms with Crippen LogP contribution in [0.4, 0.5) is 18.9 Å². The number of alkyl halides is 3. The van der Waals surface area contributed by atoms with Crippen LogP contribution in [-0.2, 0) is 4.79 Å². The summed E-state index contributed by atoms with van der Waals surface area (Å²) >= 11 is 5.94. The van der Waals surface area contributed by atoms with Crippen LogP contribution in [0.5, 0.6) is 0 Å². The molecule has 0 fully saturated rings. The predicted octanol–water partition coefficient (Wildman–Crippen LogP) is 4.64. The second-order valence-electron chi connectivity index (χ2n) is 5.51. The molecule has 4 nitrogen and oxygen atoms in total.